The van der Waals surface area contributed by atoms with Crippen LogP contribution in [0.1, 0.15) is 12.0 Å². The van der Waals surface area contributed by atoms with Crippen LogP contribution in [0.15, 0.2) is 35.3 Å². The van der Waals surface area contributed by atoms with Gasteiger partial charge in [-0.15, -0.1) is 0 Å². The highest BCUT2D eigenvalue weighted by Crippen LogP contribution is 2.25. The molecule has 0 aromatic heterocycles. The molecule has 2 heterocycles. The number of carbonyl (C=O) groups excluding carboxylic acids is 2. The lowest BCUT2D eigenvalue weighted by Gasteiger charge is -2.35. The second-order valence-electron chi connectivity index (χ2n) is 6.34. The highest BCUT2D eigenvalue weighted by molar-refractivity contribution is 6.06. The molecule has 3 unspecified atom stereocenters. The van der Waals surface area contributed by atoms with E-state index in [0.717, 1.165) is 10.5 Å². The van der Waals surface area contributed by atoms with Gasteiger partial charge in [0.2, 0.25) is 5.96 Å². The number of hydrogen-bond donors (Lipinski definition) is 4. The minimum absolute atomic E-state index is 0.0121. The van der Waals surface area contributed by atoms with Gasteiger partial charge in [-0.05, 0) is 5.56 Å². The fourth-order valence-electron chi connectivity index (χ4n) is 2.88. The van der Waals surface area contributed by atoms with Gasteiger partial charge in [-0.1, -0.05) is 30.3 Å². The quantitative estimate of drug-likeness (QED) is 0.546. The Morgan fingerprint density at radius 3 is 2.66 bits per heavy atom. The number of guanidine groups is 1. The van der Waals surface area contributed by atoms with Crippen molar-refractivity contribution in [1.82, 2.24) is 15.1 Å². The van der Waals surface area contributed by atoms with Crippen LogP contribution >= 0.6 is 0 Å². The summed E-state index contributed by atoms with van der Waals surface area (Å²) in [6.45, 7) is -0.989. The number of urea groups is 1. The third-order valence-electron chi connectivity index (χ3n) is 4.39. The number of aliphatic imine (C=N–C) groups is 1. The van der Waals surface area contributed by atoms with Gasteiger partial charge in [0.1, 0.15) is 25.6 Å². The number of carbonyl (C=O) groups is 3. The molecule has 12 nitrogen and oxygen atoms in total. The van der Waals surface area contributed by atoms with Crippen molar-refractivity contribution in [2.45, 2.75) is 31.5 Å². The average molecular weight is 408 g/mol. The van der Waals surface area contributed by atoms with Gasteiger partial charge < -0.3 is 24.8 Å². The van der Waals surface area contributed by atoms with E-state index in [1.165, 1.54) is 0 Å². The van der Waals surface area contributed by atoms with E-state index in [1.807, 2.05) is 0 Å². The van der Waals surface area contributed by atoms with E-state index in [2.05, 4.69) is 10.3 Å². The Hall–Kier alpha value is -3.22. The largest absolute Gasteiger partial charge is 0.465 e. The van der Waals surface area contributed by atoms with Crippen molar-refractivity contribution in [2.24, 2.45) is 4.99 Å². The number of hydrogen-bond acceptors (Lipinski definition) is 7. The maximum atomic E-state index is 12.3. The third kappa shape index (κ3) is 4.80. The molecule has 1 aromatic carbocycles. The van der Waals surface area contributed by atoms with Gasteiger partial charge in [-0.25, -0.2) is 19.3 Å². The van der Waals surface area contributed by atoms with Crippen molar-refractivity contribution in [1.29, 1.82) is 0 Å². The maximum Gasteiger partial charge on any atom is 0.415 e. The lowest BCUT2D eigenvalue weighted by atomic mass is 10.2. The molecule has 0 radical (unpaired) electrons. The van der Waals surface area contributed by atoms with Crippen molar-refractivity contribution in [3.05, 3.63) is 35.9 Å². The fraction of sp³-hybridized carbons (Fsp3) is 0.412. The Labute approximate surface area is 164 Å². The number of amides is 4. The summed E-state index contributed by atoms with van der Waals surface area (Å²) in [7, 11) is 0. The molecule has 1 fully saturated rings. The summed E-state index contributed by atoms with van der Waals surface area (Å²) in [5.74, 6) is -0.505. The number of nitrogens with one attached hydrogen (secondary N) is 1. The minimum Gasteiger partial charge on any atom is -0.465 e. The molecule has 12 heteroatoms. The highest BCUT2D eigenvalue weighted by atomic mass is 16.6. The van der Waals surface area contributed by atoms with E-state index in [4.69, 9.17) is 14.6 Å². The summed E-state index contributed by atoms with van der Waals surface area (Å²) in [5.41, 5.74) is 0.723. The SMILES string of the molecule is O=C(NC1=NC(=O)N(C2CC(O)C(CO)O2)CN1C(=O)O)OCc1ccccc1. The Morgan fingerprint density at radius 2 is 2.03 bits per heavy atom. The van der Waals surface area contributed by atoms with Crippen LogP contribution < -0.4 is 5.32 Å². The zero-order valence-corrected chi connectivity index (χ0v) is 15.2. The Morgan fingerprint density at radius 1 is 1.31 bits per heavy atom. The second kappa shape index (κ2) is 8.86. The minimum atomic E-state index is -1.47. The van der Waals surface area contributed by atoms with Crippen LogP contribution in [0, 0.1) is 0 Å². The number of benzene rings is 1. The van der Waals surface area contributed by atoms with Crippen LogP contribution in [-0.2, 0) is 16.1 Å². The van der Waals surface area contributed by atoms with E-state index in [9.17, 15) is 24.6 Å². The average Bonchev–Trinajstić information content (AvgIpc) is 3.07. The first-order valence-electron chi connectivity index (χ1n) is 8.71. The Kier molecular flexibility index (Phi) is 6.26. The number of ether oxygens (including phenoxy) is 2. The van der Waals surface area contributed by atoms with Gasteiger partial charge in [0.05, 0.1) is 12.7 Å². The number of alkyl carbamates (subject to hydrolysis) is 1. The Bertz CT molecular complexity index is 802. The van der Waals surface area contributed by atoms with E-state index in [-0.39, 0.29) is 13.0 Å². The molecular formula is C17H20N4O8. The van der Waals surface area contributed by atoms with Crippen LogP contribution in [-0.4, -0.2) is 81.0 Å². The topological polar surface area (TPSA) is 161 Å². The number of carboxylic acid groups (broad SMARTS) is 1. The van der Waals surface area contributed by atoms with E-state index in [0.29, 0.717) is 4.90 Å². The standard InChI is InChI=1S/C17H20N4O8/c22-7-12-11(23)6-13(29-12)20-9-21(17(26)27)14(18-15(20)24)19-16(25)28-8-10-4-2-1-3-5-10/h1-5,11-13,22-23H,6-9H2,(H,26,27)(H,18,19,24,25). The molecule has 2 aliphatic heterocycles. The Balaban J connectivity index is 1.66. The zero-order valence-electron chi connectivity index (χ0n) is 15.2. The number of nitrogens with zero attached hydrogens (tertiary/aromatic N) is 3. The highest BCUT2D eigenvalue weighted by Gasteiger charge is 2.42. The van der Waals surface area contributed by atoms with Crippen molar-refractivity contribution >= 4 is 24.2 Å². The lowest BCUT2D eigenvalue weighted by molar-refractivity contribution is -0.0702. The molecule has 1 aromatic rings. The molecule has 29 heavy (non-hydrogen) atoms. The molecule has 4 amide bonds. The number of aliphatic hydroxyl groups is 2. The van der Waals surface area contributed by atoms with Crippen LogP contribution in [0.2, 0.25) is 0 Å². The third-order valence-corrected chi connectivity index (χ3v) is 4.39. The summed E-state index contributed by atoms with van der Waals surface area (Å²) in [6.07, 6.45) is -5.32. The van der Waals surface area contributed by atoms with Crippen molar-refractivity contribution in [3.8, 4) is 0 Å². The predicted molar refractivity (Wildman–Crippen MR) is 95.5 cm³/mol. The molecule has 4 N–H and O–H groups in total. The molecule has 0 saturated carbocycles. The molecule has 2 aliphatic rings. The van der Waals surface area contributed by atoms with Crippen molar-refractivity contribution in [2.75, 3.05) is 13.3 Å². The summed E-state index contributed by atoms with van der Waals surface area (Å²) >= 11 is 0. The molecule has 0 spiro atoms. The first-order chi connectivity index (χ1) is 13.9. The van der Waals surface area contributed by atoms with Gasteiger partial charge >= 0.3 is 18.2 Å². The lowest BCUT2D eigenvalue weighted by Crippen LogP contribution is -2.58. The van der Waals surface area contributed by atoms with Gasteiger partial charge in [0.25, 0.3) is 0 Å². The van der Waals surface area contributed by atoms with Gasteiger partial charge in [-0.2, -0.15) is 4.99 Å². The molecular weight excluding hydrogens is 388 g/mol. The summed E-state index contributed by atoms with van der Waals surface area (Å²) in [4.78, 5) is 41.1. The van der Waals surface area contributed by atoms with Crippen molar-refractivity contribution < 1.29 is 39.2 Å². The van der Waals surface area contributed by atoms with E-state index in [1.54, 1.807) is 30.3 Å². The van der Waals surface area contributed by atoms with Crippen LogP contribution in [0.3, 0.4) is 0 Å². The first kappa shape index (κ1) is 20.5. The normalized spacial score (nSPS) is 24.3. The maximum absolute atomic E-state index is 12.3. The number of aliphatic hydroxyl groups excluding tert-OH is 2. The van der Waals surface area contributed by atoms with Gasteiger partial charge in [0, 0.05) is 6.42 Å². The van der Waals surface area contributed by atoms with Crippen LogP contribution in [0.4, 0.5) is 14.4 Å². The fourth-order valence-corrected chi connectivity index (χ4v) is 2.88. The monoisotopic (exact) mass is 408 g/mol. The molecule has 156 valence electrons. The van der Waals surface area contributed by atoms with E-state index >= 15 is 0 Å². The van der Waals surface area contributed by atoms with Gasteiger partial charge in [-0.3, -0.25) is 10.2 Å². The smallest absolute Gasteiger partial charge is 0.415 e. The van der Waals surface area contributed by atoms with E-state index < -0.39 is 55.9 Å². The molecule has 3 atom stereocenters. The molecule has 0 aliphatic carbocycles. The molecule has 1 saturated heterocycles. The second-order valence-corrected chi connectivity index (χ2v) is 6.34. The molecule has 0 bridgehead atoms. The summed E-state index contributed by atoms with van der Waals surface area (Å²) in [6, 6.07) is 7.96. The predicted octanol–water partition coefficient (Wildman–Crippen LogP) is 0.110. The molecule has 3 rings (SSSR count). The van der Waals surface area contributed by atoms with Crippen LogP contribution in [0.5, 0.6) is 0 Å². The zero-order chi connectivity index (χ0) is 21.0. The van der Waals surface area contributed by atoms with Crippen LogP contribution in [0.25, 0.3) is 0 Å². The first-order valence-corrected chi connectivity index (χ1v) is 8.71. The summed E-state index contributed by atoms with van der Waals surface area (Å²) < 4.78 is 10.4. The number of rotatable bonds is 4. The summed E-state index contributed by atoms with van der Waals surface area (Å²) in [5, 5.41) is 30.5. The van der Waals surface area contributed by atoms with Crippen molar-refractivity contribution in [3.63, 3.8) is 0 Å². The van der Waals surface area contributed by atoms with Gasteiger partial charge in [0.15, 0.2) is 0 Å².